The Hall–Kier alpha value is -0.960. The van der Waals surface area contributed by atoms with Gasteiger partial charge in [-0.1, -0.05) is 0 Å². The molecular formula is C10H13F3N2O2S2. The van der Waals surface area contributed by atoms with E-state index in [-0.39, 0.29) is 22.3 Å². The summed E-state index contributed by atoms with van der Waals surface area (Å²) in [6.45, 7) is 0. The molecule has 0 saturated carbocycles. The molecule has 0 saturated heterocycles. The molecule has 0 aliphatic carbocycles. The van der Waals surface area contributed by atoms with E-state index in [4.69, 9.17) is 0 Å². The normalized spacial score (nSPS) is 12.5. The lowest BCUT2D eigenvalue weighted by Gasteiger charge is -2.10. The molecule has 0 aliphatic rings. The Kier molecular flexibility index (Phi) is 5.08. The van der Waals surface area contributed by atoms with Crippen molar-refractivity contribution >= 4 is 27.4 Å². The number of nitrogens with one attached hydrogen (secondary N) is 1. The lowest BCUT2D eigenvalue weighted by atomic mass is 10.2. The van der Waals surface area contributed by atoms with Crippen LogP contribution < -0.4 is 5.32 Å². The van der Waals surface area contributed by atoms with Gasteiger partial charge >= 0.3 is 6.18 Å². The number of alkyl halides is 3. The zero-order valence-electron chi connectivity index (χ0n) is 10.3. The molecule has 0 amide bonds. The van der Waals surface area contributed by atoms with Crippen molar-refractivity contribution in [2.45, 2.75) is 11.2 Å². The number of sulfone groups is 1. The van der Waals surface area contributed by atoms with Crippen molar-refractivity contribution in [2.24, 2.45) is 0 Å². The molecule has 1 aromatic heterocycles. The van der Waals surface area contributed by atoms with Crippen LogP contribution in [0.15, 0.2) is 17.2 Å². The number of hydrogen-bond donors (Lipinski definition) is 1. The standard InChI is InChI=1S/C10H13F3N2O2S2/c1-14-8-5-7(10(11,12)13)6-9(15-8)18-3-4-19(2,16)17/h5-6H,3-4H2,1-2H3,(H,14,15). The van der Waals surface area contributed by atoms with Crippen molar-refractivity contribution in [3.8, 4) is 0 Å². The molecule has 1 N–H and O–H groups in total. The smallest absolute Gasteiger partial charge is 0.373 e. The Morgan fingerprint density at radius 1 is 1.37 bits per heavy atom. The first-order valence-corrected chi connectivity index (χ1v) is 8.24. The molecule has 19 heavy (non-hydrogen) atoms. The van der Waals surface area contributed by atoms with E-state index in [1.807, 2.05) is 0 Å². The second-order valence-corrected chi connectivity index (χ2v) is 7.18. The molecule has 0 spiro atoms. The van der Waals surface area contributed by atoms with E-state index >= 15 is 0 Å². The monoisotopic (exact) mass is 314 g/mol. The lowest BCUT2D eigenvalue weighted by Crippen LogP contribution is -2.08. The molecule has 0 atom stereocenters. The van der Waals surface area contributed by atoms with Crippen LogP contribution in [0.1, 0.15) is 5.56 Å². The molecule has 108 valence electrons. The third-order valence-corrected chi connectivity index (χ3v) is 4.21. The van der Waals surface area contributed by atoms with Gasteiger partial charge in [-0.05, 0) is 12.1 Å². The number of rotatable bonds is 5. The number of anilines is 1. The van der Waals surface area contributed by atoms with Crippen molar-refractivity contribution in [1.29, 1.82) is 0 Å². The van der Waals surface area contributed by atoms with Gasteiger partial charge in [0, 0.05) is 19.1 Å². The molecule has 9 heteroatoms. The maximum absolute atomic E-state index is 12.6. The van der Waals surface area contributed by atoms with Crippen molar-refractivity contribution < 1.29 is 21.6 Å². The maximum Gasteiger partial charge on any atom is 0.416 e. The molecule has 1 aromatic rings. The van der Waals surface area contributed by atoms with Gasteiger partial charge in [0.25, 0.3) is 0 Å². The molecule has 0 fully saturated rings. The van der Waals surface area contributed by atoms with Gasteiger partial charge in [0.15, 0.2) is 0 Å². The van der Waals surface area contributed by atoms with Gasteiger partial charge in [0.1, 0.15) is 15.7 Å². The first kappa shape index (κ1) is 16.1. The van der Waals surface area contributed by atoms with E-state index in [1.54, 1.807) is 0 Å². The fourth-order valence-corrected chi connectivity index (χ4v) is 3.30. The van der Waals surface area contributed by atoms with Crippen LogP contribution >= 0.6 is 11.8 Å². The predicted octanol–water partition coefficient (Wildman–Crippen LogP) is 2.28. The van der Waals surface area contributed by atoms with Gasteiger partial charge < -0.3 is 5.32 Å². The Labute approximate surface area is 113 Å². The largest absolute Gasteiger partial charge is 0.416 e. The van der Waals surface area contributed by atoms with Gasteiger partial charge in [-0.3, -0.25) is 0 Å². The third-order valence-electron chi connectivity index (χ3n) is 2.09. The van der Waals surface area contributed by atoms with Crippen LogP contribution in [0.5, 0.6) is 0 Å². The fourth-order valence-electron chi connectivity index (χ4n) is 1.17. The molecule has 1 rings (SSSR count). The quantitative estimate of drug-likeness (QED) is 0.845. The summed E-state index contributed by atoms with van der Waals surface area (Å²) < 4.78 is 59.8. The molecular weight excluding hydrogens is 301 g/mol. The average Bonchev–Trinajstić information content (AvgIpc) is 2.25. The van der Waals surface area contributed by atoms with Crippen molar-refractivity contribution in [1.82, 2.24) is 4.98 Å². The predicted molar refractivity (Wildman–Crippen MR) is 69.2 cm³/mol. The zero-order chi connectivity index (χ0) is 14.7. The van der Waals surface area contributed by atoms with Crippen molar-refractivity contribution in [3.05, 3.63) is 17.7 Å². The highest BCUT2D eigenvalue weighted by Crippen LogP contribution is 2.32. The van der Waals surface area contributed by atoms with E-state index in [1.165, 1.54) is 7.05 Å². The highest BCUT2D eigenvalue weighted by atomic mass is 32.2. The Bertz CT molecular complexity index is 544. The number of nitrogens with zero attached hydrogens (tertiary/aromatic N) is 1. The maximum atomic E-state index is 12.6. The van der Waals surface area contributed by atoms with Gasteiger partial charge in [0.05, 0.1) is 16.3 Å². The lowest BCUT2D eigenvalue weighted by molar-refractivity contribution is -0.137. The Morgan fingerprint density at radius 2 is 2.00 bits per heavy atom. The topological polar surface area (TPSA) is 59.1 Å². The van der Waals surface area contributed by atoms with Crippen molar-refractivity contribution in [2.75, 3.05) is 30.1 Å². The minimum Gasteiger partial charge on any atom is -0.373 e. The first-order valence-electron chi connectivity index (χ1n) is 5.19. The summed E-state index contributed by atoms with van der Waals surface area (Å²) in [4.78, 5) is 3.94. The highest BCUT2D eigenvalue weighted by Gasteiger charge is 2.31. The molecule has 0 radical (unpaired) electrons. The van der Waals surface area contributed by atoms with Crippen LogP contribution in [-0.4, -0.2) is 38.2 Å². The summed E-state index contributed by atoms with van der Waals surface area (Å²) in [5.41, 5.74) is -0.811. The fraction of sp³-hybridized carbons (Fsp3) is 0.500. The molecule has 1 heterocycles. The van der Waals surface area contributed by atoms with E-state index in [0.717, 1.165) is 30.2 Å². The van der Waals surface area contributed by atoms with Gasteiger partial charge in [-0.25, -0.2) is 13.4 Å². The van der Waals surface area contributed by atoms with E-state index in [9.17, 15) is 21.6 Å². The van der Waals surface area contributed by atoms with Crippen LogP contribution in [0.3, 0.4) is 0 Å². The van der Waals surface area contributed by atoms with Crippen LogP contribution in [-0.2, 0) is 16.0 Å². The van der Waals surface area contributed by atoms with Crippen LogP contribution in [0.2, 0.25) is 0 Å². The average molecular weight is 314 g/mol. The number of hydrogen-bond acceptors (Lipinski definition) is 5. The van der Waals surface area contributed by atoms with Crippen LogP contribution in [0, 0.1) is 0 Å². The summed E-state index contributed by atoms with van der Waals surface area (Å²) >= 11 is 0.977. The molecule has 0 unspecified atom stereocenters. The summed E-state index contributed by atoms with van der Waals surface area (Å²) in [6.07, 6.45) is -3.38. The summed E-state index contributed by atoms with van der Waals surface area (Å²) in [5, 5.41) is 2.69. The number of thioether (sulfide) groups is 1. The second-order valence-electron chi connectivity index (χ2n) is 3.81. The highest BCUT2D eigenvalue weighted by molar-refractivity contribution is 8.00. The summed E-state index contributed by atoms with van der Waals surface area (Å²) in [7, 11) is -1.67. The molecule has 0 bridgehead atoms. The number of halogens is 3. The van der Waals surface area contributed by atoms with Gasteiger partial charge in [0.2, 0.25) is 0 Å². The first-order chi connectivity index (χ1) is 8.62. The van der Waals surface area contributed by atoms with Gasteiger partial charge in [-0.15, -0.1) is 11.8 Å². The second kappa shape index (κ2) is 6.00. The van der Waals surface area contributed by atoms with Crippen LogP contribution in [0.4, 0.5) is 19.0 Å². The van der Waals surface area contributed by atoms with E-state index in [2.05, 4.69) is 10.3 Å². The summed E-state index contributed by atoms with van der Waals surface area (Å²) in [5.74, 6) is 0.150. The molecule has 0 aromatic carbocycles. The minimum absolute atomic E-state index is 0.0941. The summed E-state index contributed by atoms with van der Waals surface area (Å²) in [6, 6.07) is 1.81. The van der Waals surface area contributed by atoms with Crippen LogP contribution in [0.25, 0.3) is 0 Å². The zero-order valence-corrected chi connectivity index (χ0v) is 11.9. The third kappa shape index (κ3) is 5.68. The molecule has 4 nitrogen and oxygen atoms in total. The Morgan fingerprint density at radius 3 is 2.47 bits per heavy atom. The number of aromatic nitrogens is 1. The van der Waals surface area contributed by atoms with E-state index < -0.39 is 21.6 Å². The Balaban J connectivity index is 2.89. The van der Waals surface area contributed by atoms with Crippen molar-refractivity contribution in [3.63, 3.8) is 0 Å². The minimum atomic E-state index is -4.46. The SMILES string of the molecule is CNc1cc(C(F)(F)F)cc(SCCS(C)(=O)=O)n1. The van der Waals surface area contributed by atoms with E-state index in [0.29, 0.717) is 0 Å². The number of pyridine rings is 1. The molecule has 0 aliphatic heterocycles. The van der Waals surface area contributed by atoms with Gasteiger partial charge in [-0.2, -0.15) is 13.2 Å².